The van der Waals surface area contributed by atoms with Crippen molar-refractivity contribution < 1.29 is 14.3 Å². The van der Waals surface area contributed by atoms with Crippen LogP contribution < -0.4 is 10.1 Å². The van der Waals surface area contributed by atoms with E-state index in [0.717, 1.165) is 11.3 Å². The van der Waals surface area contributed by atoms with Crippen molar-refractivity contribution in [2.24, 2.45) is 0 Å². The molecule has 2 aromatic rings. The predicted octanol–water partition coefficient (Wildman–Crippen LogP) is 4.31. The van der Waals surface area contributed by atoms with Crippen molar-refractivity contribution in [3.8, 4) is 5.75 Å². The molecule has 1 fully saturated rings. The van der Waals surface area contributed by atoms with Gasteiger partial charge in [-0.1, -0.05) is 54.3 Å². The first-order valence-corrected chi connectivity index (χ1v) is 10.0. The maximum Gasteiger partial charge on any atom is 0.266 e. The molecule has 7 heteroatoms. The van der Waals surface area contributed by atoms with E-state index in [-0.39, 0.29) is 24.5 Å². The van der Waals surface area contributed by atoms with Crippen LogP contribution in [-0.4, -0.2) is 33.7 Å². The van der Waals surface area contributed by atoms with Gasteiger partial charge in [-0.3, -0.25) is 14.5 Å². The Kier molecular flexibility index (Phi) is 6.49. The molecule has 2 aromatic carbocycles. The van der Waals surface area contributed by atoms with Crippen LogP contribution in [0.5, 0.6) is 5.75 Å². The molecule has 2 amide bonds. The first-order valence-electron chi connectivity index (χ1n) is 8.79. The van der Waals surface area contributed by atoms with Crippen molar-refractivity contribution in [3.63, 3.8) is 0 Å². The molecule has 0 aliphatic carbocycles. The van der Waals surface area contributed by atoms with Crippen LogP contribution in [0.4, 0.5) is 5.69 Å². The summed E-state index contributed by atoms with van der Waals surface area (Å²) in [7, 11) is 0. The maximum atomic E-state index is 12.4. The summed E-state index contributed by atoms with van der Waals surface area (Å²) >= 11 is 6.59. The average molecular weight is 413 g/mol. The van der Waals surface area contributed by atoms with Crippen LogP contribution in [0.2, 0.25) is 0 Å². The summed E-state index contributed by atoms with van der Waals surface area (Å²) in [4.78, 5) is 26.6. The fourth-order valence-electron chi connectivity index (χ4n) is 2.60. The number of carbonyl (C=O) groups excluding carboxylic acids is 2. The number of ether oxygens (including phenoxy) is 1. The van der Waals surface area contributed by atoms with Crippen LogP contribution in [-0.2, 0) is 9.59 Å². The molecule has 1 heterocycles. The van der Waals surface area contributed by atoms with Crippen molar-refractivity contribution in [2.45, 2.75) is 19.9 Å². The van der Waals surface area contributed by atoms with Gasteiger partial charge < -0.3 is 10.1 Å². The van der Waals surface area contributed by atoms with E-state index in [9.17, 15) is 9.59 Å². The minimum Gasteiger partial charge on any atom is -0.484 e. The van der Waals surface area contributed by atoms with Gasteiger partial charge in [0, 0.05) is 11.7 Å². The number of nitrogens with zero attached hydrogens (tertiary/aromatic N) is 1. The molecular weight excluding hydrogens is 392 g/mol. The van der Waals surface area contributed by atoms with E-state index in [1.54, 1.807) is 17.0 Å². The number of carbonyl (C=O) groups is 2. The Hall–Kier alpha value is -2.64. The minimum absolute atomic E-state index is 0.0382. The molecule has 0 spiro atoms. The molecule has 0 atom stereocenters. The quantitative estimate of drug-likeness (QED) is 0.566. The molecule has 28 heavy (non-hydrogen) atoms. The largest absolute Gasteiger partial charge is 0.484 e. The van der Waals surface area contributed by atoms with Crippen molar-refractivity contribution in [3.05, 3.63) is 65.1 Å². The number of hydrogen-bond acceptors (Lipinski definition) is 5. The monoisotopic (exact) mass is 412 g/mol. The first-order chi connectivity index (χ1) is 13.4. The zero-order valence-corrected chi connectivity index (χ0v) is 17.2. The van der Waals surface area contributed by atoms with E-state index in [1.165, 1.54) is 11.8 Å². The maximum absolute atomic E-state index is 12.4. The summed E-state index contributed by atoms with van der Waals surface area (Å²) in [6, 6.07) is 16.5. The fourth-order valence-corrected chi connectivity index (χ4v) is 4.13. The van der Waals surface area contributed by atoms with E-state index in [2.05, 4.69) is 5.32 Å². The topological polar surface area (TPSA) is 58.6 Å². The van der Waals surface area contributed by atoms with Crippen LogP contribution in [0.1, 0.15) is 19.4 Å². The third-order valence-corrected chi connectivity index (χ3v) is 5.28. The lowest BCUT2D eigenvalue weighted by molar-refractivity contribution is -0.123. The molecule has 0 unspecified atom stereocenters. The lowest BCUT2D eigenvalue weighted by Gasteiger charge is -2.18. The second kappa shape index (κ2) is 9.03. The number of hydrogen-bond donors (Lipinski definition) is 1. The van der Waals surface area contributed by atoms with Gasteiger partial charge in [0.05, 0.1) is 4.91 Å². The highest BCUT2D eigenvalue weighted by Gasteiger charge is 2.33. The average Bonchev–Trinajstić information content (AvgIpc) is 2.95. The molecule has 0 saturated carbocycles. The fraction of sp³-hybridized carbons (Fsp3) is 0.190. The van der Waals surface area contributed by atoms with Gasteiger partial charge in [0.1, 0.15) is 10.1 Å². The predicted molar refractivity (Wildman–Crippen MR) is 117 cm³/mol. The normalized spacial score (nSPS) is 15.4. The van der Waals surface area contributed by atoms with Gasteiger partial charge in [-0.05, 0) is 49.8 Å². The lowest BCUT2D eigenvalue weighted by Crippen LogP contribution is -2.34. The molecule has 144 valence electrons. The van der Waals surface area contributed by atoms with Crippen molar-refractivity contribution in [2.75, 3.05) is 11.9 Å². The third kappa shape index (κ3) is 4.99. The minimum atomic E-state index is -0.229. The molecule has 1 aliphatic rings. The summed E-state index contributed by atoms with van der Waals surface area (Å²) in [6.45, 7) is 3.79. The van der Waals surface area contributed by atoms with Crippen molar-refractivity contribution >= 4 is 51.9 Å². The molecule has 0 bridgehead atoms. The standard InChI is InChI=1S/C21H20N2O3S2/c1-14(2)23-20(25)18(28-21(23)27)12-15-8-10-17(11-9-15)26-13-19(24)22-16-6-4-3-5-7-16/h3-12,14H,13H2,1-2H3,(H,22,24)/b18-12-. The Morgan fingerprint density at radius 2 is 1.86 bits per heavy atom. The molecule has 1 aliphatic heterocycles. The van der Waals surface area contributed by atoms with Gasteiger partial charge in [0.2, 0.25) is 0 Å². The smallest absolute Gasteiger partial charge is 0.266 e. The molecule has 1 saturated heterocycles. The van der Waals surface area contributed by atoms with Crippen LogP contribution in [0.3, 0.4) is 0 Å². The van der Waals surface area contributed by atoms with Crippen LogP contribution >= 0.6 is 24.0 Å². The third-order valence-electron chi connectivity index (χ3n) is 3.95. The number of rotatable bonds is 6. The molecule has 3 rings (SSSR count). The number of anilines is 1. The molecule has 1 N–H and O–H groups in total. The first kappa shape index (κ1) is 20.1. The van der Waals surface area contributed by atoms with Gasteiger partial charge in [0.25, 0.3) is 11.8 Å². The summed E-state index contributed by atoms with van der Waals surface area (Å²) in [5.41, 5.74) is 1.59. The van der Waals surface area contributed by atoms with Crippen LogP contribution in [0.25, 0.3) is 6.08 Å². The Labute approximate surface area is 173 Å². The Balaban J connectivity index is 1.57. The zero-order valence-electron chi connectivity index (χ0n) is 15.5. The number of benzene rings is 2. The number of thiocarbonyl (C=S) groups is 1. The van der Waals surface area contributed by atoms with Crippen LogP contribution in [0.15, 0.2) is 59.5 Å². The number of nitrogens with one attached hydrogen (secondary N) is 1. The van der Waals surface area contributed by atoms with Crippen LogP contribution in [0, 0.1) is 0 Å². The Morgan fingerprint density at radius 1 is 1.18 bits per heavy atom. The second-order valence-electron chi connectivity index (χ2n) is 6.42. The number of para-hydroxylation sites is 1. The van der Waals surface area contributed by atoms with Gasteiger partial charge in [-0.25, -0.2) is 0 Å². The Bertz CT molecular complexity index is 909. The van der Waals surface area contributed by atoms with E-state index in [0.29, 0.717) is 15.0 Å². The van der Waals surface area contributed by atoms with E-state index in [1.807, 2.05) is 62.4 Å². The van der Waals surface area contributed by atoms with E-state index in [4.69, 9.17) is 17.0 Å². The Morgan fingerprint density at radius 3 is 2.46 bits per heavy atom. The van der Waals surface area contributed by atoms with Gasteiger partial charge in [-0.2, -0.15) is 0 Å². The molecule has 0 radical (unpaired) electrons. The van der Waals surface area contributed by atoms with Crippen molar-refractivity contribution in [1.29, 1.82) is 0 Å². The number of amides is 2. The summed E-state index contributed by atoms with van der Waals surface area (Å²) in [6.07, 6.45) is 1.81. The highest BCUT2D eigenvalue weighted by Crippen LogP contribution is 2.33. The second-order valence-corrected chi connectivity index (χ2v) is 8.09. The molecule has 5 nitrogen and oxygen atoms in total. The highest BCUT2D eigenvalue weighted by molar-refractivity contribution is 8.26. The van der Waals surface area contributed by atoms with Crippen molar-refractivity contribution in [1.82, 2.24) is 4.90 Å². The van der Waals surface area contributed by atoms with Gasteiger partial charge >= 0.3 is 0 Å². The van der Waals surface area contributed by atoms with E-state index < -0.39 is 0 Å². The summed E-state index contributed by atoms with van der Waals surface area (Å²) in [5.74, 6) is 0.283. The van der Waals surface area contributed by atoms with E-state index >= 15 is 0 Å². The molecule has 0 aromatic heterocycles. The van der Waals surface area contributed by atoms with Gasteiger partial charge in [0.15, 0.2) is 6.61 Å². The summed E-state index contributed by atoms with van der Waals surface area (Å²) in [5, 5.41) is 2.76. The highest BCUT2D eigenvalue weighted by atomic mass is 32.2. The lowest BCUT2D eigenvalue weighted by atomic mass is 10.2. The van der Waals surface area contributed by atoms with Gasteiger partial charge in [-0.15, -0.1) is 0 Å². The molecular formula is C21H20N2O3S2. The zero-order chi connectivity index (χ0) is 20.1. The summed E-state index contributed by atoms with van der Waals surface area (Å²) < 4.78 is 6.10. The SMILES string of the molecule is CC(C)N1C(=O)/C(=C/c2ccc(OCC(=O)Nc3ccccc3)cc2)SC1=S. The number of thioether (sulfide) groups is 1.